The first-order chi connectivity index (χ1) is 18.5. The first-order valence-electron chi connectivity index (χ1n) is 13.5. The van der Waals surface area contributed by atoms with Gasteiger partial charge in [-0.05, 0) is 61.3 Å². The Labute approximate surface area is 243 Å². The van der Waals surface area contributed by atoms with Crippen LogP contribution < -0.4 is 11.1 Å². The van der Waals surface area contributed by atoms with Crippen molar-refractivity contribution in [3.05, 3.63) is 64.1 Å². The predicted octanol–water partition coefficient (Wildman–Crippen LogP) is 4.99. The first kappa shape index (κ1) is 30.2. The molecule has 2 aliphatic heterocycles. The monoisotopic (exact) mass is 594 g/mol. The lowest BCUT2D eigenvalue weighted by Gasteiger charge is -2.38. The highest BCUT2D eigenvalue weighted by Crippen LogP contribution is 2.50. The second kappa shape index (κ2) is 12.8. The summed E-state index contributed by atoms with van der Waals surface area (Å²) in [6, 6.07) is 13.9. The molecule has 10 heteroatoms. The lowest BCUT2D eigenvalue weighted by atomic mass is 10.00. The molecule has 39 heavy (non-hydrogen) atoms. The van der Waals surface area contributed by atoms with Crippen molar-refractivity contribution in [2.45, 2.75) is 68.7 Å². The van der Waals surface area contributed by atoms with Crippen molar-refractivity contribution in [2.75, 3.05) is 25.1 Å². The number of amides is 2. The van der Waals surface area contributed by atoms with Gasteiger partial charge in [-0.1, -0.05) is 61.3 Å². The Morgan fingerprint density at radius 2 is 1.90 bits per heavy atom. The Hall–Kier alpha value is -1.81. The number of nitrogens with one attached hydrogen (secondary N) is 1. The van der Waals surface area contributed by atoms with Crippen LogP contribution in [0.25, 0.3) is 0 Å². The number of nitrogens with zero attached hydrogens (tertiary/aromatic N) is 2. The van der Waals surface area contributed by atoms with Crippen molar-refractivity contribution in [3.63, 3.8) is 0 Å². The number of hydrogen-bond donors (Lipinski definition) is 3. The minimum Gasteiger partial charge on any atom is -0.350 e. The molecule has 0 radical (unpaired) electrons. The van der Waals surface area contributed by atoms with Gasteiger partial charge in [0.25, 0.3) is 0 Å². The van der Waals surface area contributed by atoms with Gasteiger partial charge in [0.05, 0.1) is 16.1 Å². The van der Waals surface area contributed by atoms with Crippen molar-refractivity contribution < 1.29 is 14.1 Å². The fourth-order valence-electron chi connectivity index (χ4n) is 5.75. The van der Waals surface area contributed by atoms with Crippen LogP contribution in [0.2, 0.25) is 10.0 Å². The van der Waals surface area contributed by atoms with Crippen LogP contribution in [-0.2, 0) is 16.1 Å². The SMILES string of the molecule is CC(C)C[C@H](C(=O)NCc1ccc(Cl)c(Cl)c1)N1CCC(CS(C)(O)c2ccccc2)N2C[C@H](N)C[C@H]2C1=O. The Kier molecular flexibility index (Phi) is 9.89. The van der Waals surface area contributed by atoms with Crippen molar-refractivity contribution in [3.8, 4) is 0 Å². The first-order valence-corrected chi connectivity index (χ1v) is 16.5. The van der Waals surface area contributed by atoms with Crippen LogP contribution in [-0.4, -0.2) is 75.4 Å². The fraction of sp³-hybridized carbons (Fsp3) is 0.517. The van der Waals surface area contributed by atoms with E-state index in [1.54, 1.807) is 17.0 Å². The minimum absolute atomic E-state index is 0.0123. The van der Waals surface area contributed by atoms with Gasteiger partial charge in [-0.25, -0.2) is 0 Å². The molecule has 2 aromatic carbocycles. The lowest BCUT2D eigenvalue weighted by molar-refractivity contribution is -0.143. The third-order valence-electron chi connectivity index (χ3n) is 7.70. The molecule has 0 spiro atoms. The molecule has 0 bridgehead atoms. The van der Waals surface area contributed by atoms with E-state index in [0.717, 1.165) is 10.5 Å². The van der Waals surface area contributed by atoms with E-state index in [1.165, 1.54) is 0 Å². The molecule has 2 fully saturated rings. The molecule has 2 heterocycles. The number of hydrogen-bond acceptors (Lipinski definition) is 5. The highest BCUT2D eigenvalue weighted by molar-refractivity contribution is 8.28. The zero-order valence-electron chi connectivity index (χ0n) is 22.9. The van der Waals surface area contributed by atoms with Crippen LogP contribution in [0.15, 0.2) is 53.4 Å². The summed E-state index contributed by atoms with van der Waals surface area (Å²) in [7, 11) is -2.08. The highest BCUT2D eigenvalue weighted by atomic mass is 35.5. The van der Waals surface area contributed by atoms with E-state index in [9.17, 15) is 14.1 Å². The molecule has 4 rings (SSSR count). The van der Waals surface area contributed by atoms with Crippen LogP contribution in [0.4, 0.5) is 0 Å². The van der Waals surface area contributed by atoms with Gasteiger partial charge in [-0.3, -0.25) is 14.5 Å². The Balaban J connectivity index is 1.55. The molecule has 2 amide bonds. The van der Waals surface area contributed by atoms with Crippen LogP contribution in [0.5, 0.6) is 0 Å². The van der Waals surface area contributed by atoms with Crippen molar-refractivity contribution in [2.24, 2.45) is 11.7 Å². The van der Waals surface area contributed by atoms with Gasteiger partial charge in [-0.15, -0.1) is 10.3 Å². The number of halogens is 2. The van der Waals surface area contributed by atoms with Crippen molar-refractivity contribution in [1.82, 2.24) is 15.1 Å². The summed E-state index contributed by atoms with van der Waals surface area (Å²) in [4.78, 5) is 32.5. The summed E-state index contributed by atoms with van der Waals surface area (Å²) in [6.07, 6.45) is 3.68. The molecule has 2 saturated heterocycles. The summed E-state index contributed by atoms with van der Waals surface area (Å²) in [6.45, 7) is 5.47. The second-order valence-corrected chi connectivity index (χ2v) is 15.0. The number of carbonyl (C=O) groups is 2. The van der Waals surface area contributed by atoms with E-state index >= 15 is 0 Å². The van der Waals surface area contributed by atoms with E-state index in [1.807, 2.05) is 42.7 Å². The van der Waals surface area contributed by atoms with Crippen LogP contribution >= 0.6 is 33.5 Å². The fourth-order valence-corrected chi connectivity index (χ4v) is 8.11. The van der Waals surface area contributed by atoms with Gasteiger partial charge in [0.15, 0.2) is 0 Å². The number of benzene rings is 2. The van der Waals surface area contributed by atoms with E-state index in [0.29, 0.717) is 54.7 Å². The average molecular weight is 596 g/mol. The summed E-state index contributed by atoms with van der Waals surface area (Å²) in [5, 5.41) is 3.91. The molecule has 0 saturated carbocycles. The number of fused-ring (bicyclic) bond motifs is 1. The maximum atomic E-state index is 14.0. The number of nitrogens with two attached hydrogens (primary N) is 1. The normalized spacial score (nSPS) is 25.1. The van der Waals surface area contributed by atoms with Crippen molar-refractivity contribution >= 4 is 45.3 Å². The zero-order chi connectivity index (χ0) is 28.3. The topological polar surface area (TPSA) is 98.9 Å². The summed E-state index contributed by atoms with van der Waals surface area (Å²) in [5.41, 5.74) is 7.21. The molecular formula is C29H40Cl2N4O3S. The third-order valence-corrected chi connectivity index (χ3v) is 10.8. The maximum Gasteiger partial charge on any atom is 0.243 e. The van der Waals surface area contributed by atoms with E-state index in [2.05, 4.69) is 24.1 Å². The Morgan fingerprint density at radius 3 is 2.56 bits per heavy atom. The highest BCUT2D eigenvalue weighted by Gasteiger charge is 2.46. The molecule has 0 aromatic heterocycles. The molecule has 2 aliphatic rings. The van der Waals surface area contributed by atoms with Gasteiger partial charge in [0.2, 0.25) is 11.8 Å². The number of carbonyl (C=O) groups excluding carboxylic acids is 2. The lowest BCUT2D eigenvalue weighted by Crippen LogP contribution is -2.53. The van der Waals surface area contributed by atoms with Crippen molar-refractivity contribution in [1.29, 1.82) is 0 Å². The summed E-state index contributed by atoms with van der Waals surface area (Å²) >= 11 is 12.2. The minimum atomic E-state index is -2.08. The molecule has 214 valence electrons. The Morgan fingerprint density at radius 1 is 1.18 bits per heavy atom. The van der Waals surface area contributed by atoms with Crippen LogP contribution in [0, 0.1) is 5.92 Å². The molecule has 2 unspecified atom stereocenters. The molecule has 2 aromatic rings. The maximum absolute atomic E-state index is 14.0. The average Bonchev–Trinajstić information content (AvgIpc) is 3.24. The quantitative estimate of drug-likeness (QED) is 0.380. The summed E-state index contributed by atoms with van der Waals surface area (Å²) < 4.78 is 11.5. The van der Waals surface area contributed by atoms with E-state index < -0.39 is 22.4 Å². The standard InChI is InChI=1S/C29H40Cl2N4O3S/c1-19(2)13-26(28(36)33-16-20-9-10-24(30)25(31)14-20)34-12-11-22(35-17-21(32)15-27(35)29(34)37)18-39(3,38)23-7-5-4-6-8-23/h4-10,14,19,21-22,26-27,38H,11-13,15-18,32H2,1-3H3,(H,33,36)/t21-,22?,26-,27+/m1/s1. The largest absolute Gasteiger partial charge is 0.350 e. The Bertz CT molecular complexity index is 1170. The summed E-state index contributed by atoms with van der Waals surface area (Å²) in [5.74, 6) is 0.537. The second-order valence-electron chi connectivity index (χ2n) is 11.3. The molecule has 5 atom stereocenters. The van der Waals surface area contributed by atoms with Gasteiger partial charge in [-0.2, -0.15) is 0 Å². The van der Waals surface area contributed by atoms with Gasteiger partial charge in [0, 0.05) is 42.4 Å². The smallest absolute Gasteiger partial charge is 0.243 e. The number of rotatable bonds is 9. The molecule has 4 N–H and O–H groups in total. The predicted molar refractivity (Wildman–Crippen MR) is 160 cm³/mol. The molecule has 7 nitrogen and oxygen atoms in total. The van der Waals surface area contributed by atoms with E-state index in [-0.39, 0.29) is 29.8 Å². The van der Waals surface area contributed by atoms with Gasteiger partial charge in [0.1, 0.15) is 6.04 Å². The molecular weight excluding hydrogens is 555 g/mol. The van der Waals surface area contributed by atoms with Gasteiger partial charge >= 0.3 is 0 Å². The van der Waals surface area contributed by atoms with E-state index in [4.69, 9.17) is 28.9 Å². The zero-order valence-corrected chi connectivity index (χ0v) is 25.2. The van der Waals surface area contributed by atoms with Crippen LogP contribution in [0.1, 0.15) is 38.7 Å². The molecule has 0 aliphatic carbocycles. The third kappa shape index (κ3) is 7.29. The van der Waals surface area contributed by atoms with Gasteiger partial charge < -0.3 is 20.5 Å². The van der Waals surface area contributed by atoms with Crippen LogP contribution in [0.3, 0.4) is 0 Å².